The van der Waals surface area contributed by atoms with Crippen LogP contribution in [0.1, 0.15) is 23.2 Å². The van der Waals surface area contributed by atoms with Crippen molar-refractivity contribution in [2.24, 2.45) is 5.92 Å². The largest absolute Gasteiger partial charge is 0.494 e. The molecule has 2 aromatic heterocycles. The van der Waals surface area contributed by atoms with Gasteiger partial charge in [-0.3, -0.25) is 9.59 Å². The number of amides is 2. The van der Waals surface area contributed by atoms with Crippen molar-refractivity contribution in [3.05, 3.63) is 48.2 Å². The van der Waals surface area contributed by atoms with Gasteiger partial charge in [0.2, 0.25) is 5.91 Å². The van der Waals surface area contributed by atoms with Gasteiger partial charge in [-0.15, -0.1) is 0 Å². The van der Waals surface area contributed by atoms with Gasteiger partial charge in [-0.1, -0.05) is 0 Å². The Morgan fingerprint density at radius 2 is 1.75 bits per heavy atom. The topological polar surface area (TPSA) is 152 Å². The molecule has 0 atom stereocenters. The Morgan fingerprint density at radius 3 is 2.33 bits per heavy atom. The molecule has 0 aliphatic heterocycles. The molecule has 0 radical (unpaired) electrons. The van der Waals surface area contributed by atoms with Gasteiger partial charge in [0.1, 0.15) is 16.5 Å². The number of aromatic nitrogens is 3. The molecular weight excluding hydrogens is 491 g/mol. The molecule has 0 saturated heterocycles. The number of carbonyl (C=O) groups excluding carboxylic acids is 2. The number of halogens is 1. The first-order valence-corrected chi connectivity index (χ1v) is 12.7. The van der Waals surface area contributed by atoms with Crippen molar-refractivity contribution in [2.75, 3.05) is 31.0 Å². The third kappa shape index (κ3) is 5.40. The number of hydrogen-bond donors (Lipinski definition) is 3. The molecule has 188 valence electrons. The highest BCUT2D eigenvalue weighted by Gasteiger charge is 2.30. The average molecular weight is 515 g/mol. The number of benzene rings is 1. The van der Waals surface area contributed by atoms with Gasteiger partial charge in [0, 0.05) is 49.9 Å². The fraction of sp³-hybridized carbons (Fsp3) is 0.261. The van der Waals surface area contributed by atoms with Crippen molar-refractivity contribution >= 4 is 38.8 Å². The van der Waals surface area contributed by atoms with Crippen LogP contribution < -0.4 is 20.7 Å². The average Bonchev–Trinajstić information content (AvgIpc) is 3.69. The molecule has 3 N–H and O–H groups in total. The van der Waals surface area contributed by atoms with E-state index in [1.54, 1.807) is 0 Å². The monoisotopic (exact) mass is 514 g/mol. The maximum absolute atomic E-state index is 14.7. The van der Waals surface area contributed by atoms with Crippen LogP contribution in [0.3, 0.4) is 0 Å². The van der Waals surface area contributed by atoms with Crippen LogP contribution in [0, 0.1) is 11.7 Å². The van der Waals surface area contributed by atoms with Crippen molar-refractivity contribution in [1.29, 1.82) is 0 Å². The van der Waals surface area contributed by atoms with Crippen LogP contribution in [-0.4, -0.2) is 55.6 Å². The Morgan fingerprint density at radius 1 is 1.06 bits per heavy atom. The first-order chi connectivity index (χ1) is 17.1. The molecule has 3 aromatic rings. The van der Waals surface area contributed by atoms with E-state index in [-0.39, 0.29) is 56.6 Å². The van der Waals surface area contributed by atoms with Gasteiger partial charge in [-0.2, -0.15) is 0 Å². The molecule has 1 saturated carbocycles. The number of anilines is 3. The molecule has 0 unspecified atom stereocenters. The van der Waals surface area contributed by atoms with E-state index in [2.05, 4.69) is 30.9 Å². The van der Waals surface area contributed by atoms with Crippen LogP contribution in [0.5, 0.6) is 5.75 Å². The summed E-state index contributed by atoms with van der Waals surface area (Å²) >= 11 is 0. The minimum absolute atomic E-state index is 0.0282. The SMILES string of the molecule is CNC(=O)c1cnc(NC(=O)C2CC2)cc1Nc1cc(F)cc(-c2ncc(S(C)(=O)=O)cn2)c1OC. The third-order valence-electron chi connectivity index (χ3n) is 5.40. The Hall–Kier alpha value is -4.13. The lowest BCUT2D eigenvalue weighted by Gasteiger charge is -2.17. The molecule has 13 heteroatoms. The third-order valence-corrected chi connectivity index (χ3v) is 6.47. The fourth-order valence-corrected chi connectivity index (χ4v) is 3.87. The van der Waals surface area contributed by atoms with E-state index in [1.807, 2.05) is 0 Å². The summed E-state index contributed by atoms with van der Waals surface area (Å²) in [6.45, 7) is 0. The van der Waals surface area contributed by atoms with E-state index in [0.717, 1.165) is 43.6 Å². The van der Waals surface area contributed by atoms with Gasteiger partial charge in [0.15, 0.2) is 21.4 Å². The van der Waals surface area contributed by atoms with Crippen molar-refractivity contribution in [2.45, 2.75) is 17.7 Å². The molecule has 36 heavy (non-hydrogen) atoms. The normalized spacial score (nSPS) is 13.1. The number of rotatable bonds is 8. The Kier molecular flexibility index (Phi) is 6.84. The molecule has 1 aliphatic rings. The molecule has 11 nitrogen and oxygen atoms in total. The van der Waals surface area contributed by atoms with Crippen LogP contribution in [0.15, 0.2) is 41.7 Å². The number of ether oxygens (including phenoxy) is 1. The molecule has 0 spiro atoms. The minimum atomic E-state index is -3.52. The molecular formula is C23H23FN6O5S. The molecule has 2 amide bonds. The molecule has 2 heterocycles. The minimum Gasteiger partial charge on any atom is -0.494 e. The summed E-state index contributed by atoms with van der Waals surface area (Å²) in [5, 5.41) is 8.21. The van der Waals surface area contributed by atoms with Gasteiger partial charge >= 0.3 is 0 Å². The van der Waals surface area contributed by atoms with E-state index in [0.29, 0.717) is 0 Å². The van der Waals surface area contributed by atoms with Crippen LogP contribution in [0.25, 0.3) is 11.4 Å². The lowest BCUT2D eigenvalue weighted by Crippen LogP contribution is -2.20. The molecule has 0 bridgehead atoms. The van der Waals surface area contributed by atoms with Gasteiger partial charge in [-0.25, -0.2) is 27.8 Å². The summed E-state index contributed by atoms with van der Waals surface area (Å²) in [5.74, 6) is -0.949. The van der Waals surface area contributed by atoms with Gasteiger partial charge < -0.3 is 20.7 Å². The zero-order valence-electron chi connectivity index (χ0n) is 19.6. The Labute approximate surface area is 206 Å². The summed E-state index contributed by atoms with van der Waals surface area (Å²) in [5.41, 5.74) is 0.666. The maximum atomic E-state index is 14.7. The summed E-state index contributed by atoms with van der Waals surface area (Å²) in [6.07, 6.45) is 6.18. The van der Waals surface area contributed by atoms with Gasteiger partial charge in [0.05, 0.1) is 29.6 Å². The quantitative estimate of drug-likeness (QED) is 0.412. The van der Waals surface area contributed by atoms with Gasteiger partial charge in [0.25, 0.3) is 5.91 Å². The van der Waals surface area contributed by atoms with Crippen LogP contribution in [-0.2, 0) is 14.6 Å². The second-order valence-electron chi connectivity index (χ2n) is 8.13. The number of nitrogens with one attached hydrogen (secondary N) is 3. The highest BCUT2D eigenvalue weighted by atomic mass is 32.2. The number of carbonyl (C=O) groups is 2. The van der Waals surface area contributed by atoms with E-state index < -0.39 is 21.6 Å². The highest BCUT2D eigenvalue weighted by molar-refractivity contribution is 7.90. The molecule has 1 aliphatic carbocycles. The summed E-state index contributed by atoms with van der Waals surface area (Å²) in [7, 11) is -0.708. The number of nitrogens with zero attached hydrogens (tertiary/aromatic N) is 3. The second kappa shape index (κ2) is 9.85. The van der Waals surface area contributed by atoms with Crippen molar-refractivity contribution in [1.82, 2.24) is 20.3 Å². The van der Waals surface area contributed by atoms with Crippen molar-refractivity contribution in [3.8, 4) is 17.1 Å². The fourth-order valence-electron chi connectivity index (χ4n) is 3.38. The first-order valence-electron chi connectivity index (χ1n) is 10.8. The predicted molar refractivity (Wildman–Crippen MR) is 129 cm³/mol. The van der Waals surface area contributed by atoms with E-state index >= 15 is 0 Å². The number of methoxy groups -OCH3 is 1. The lowest BCUT2D eigenvalue weighted by molar-refractivity contribution is -0.117. The van der Waals surface area contributed by atoms with Crippen LogP contribution >= 0.6 is 0 Å². The molecule has 1 aromatic carbocycles. The molecule has 4 rings (SSSR count). The van der Waals surface area contributed by atoms with Gasteiger partial charge in [-0.05, 0) is 18.9 Å². The smallest absolute Gasteiger partial charge is 0.254 e. The summed E-state index contributed by atoms with van der Waals surface area (Å²) < 4.78 is 43.6. The number of pyridine rings is 1. The zero-order valence-corrected chi connectivity index (χ0v) is 20.4. The predicted octanol–water partition coefficient (Wildman–Crippen LogP) is 2.54. The van der Waals surface area contributed by atoms with Crippen LogP contribution in [0.4, 0.5) is 21.6 Å². The van der Waals surface area contributed by atoms with Crippen molar-refractivity contribution < 1.29 is 27.1 Å². The summed E-state index contributed by atoms with van der Waals surface area (Å²) in [4.78, 5) is 36.8. The summed E-state index contributed by atoms with van der Waals surface area (Å²) in [6, 6.07) is 3.77. The maximum Gasteiger partial charge on any atom is 0.254 e. The number of sulfone groups is 1. The Bertz CT molecular complexity index is 1440. The van der Waals surface area contributed by atoms with Crippen LogP contribution in [0.2, 0.25) is 0 Å². The van der Waals surface area contributed by atoms with E-state index in [1.165, 1.54) is 26.4 Å². The standard InChI is InChI=1S/C23H23FN6O5S/c1-25-23(32)16-11-26-19(30-22(31)12-4-5-12)8-17(16)29-18-7-13(24)6-15(20(18)35-2)21-27-9-14(10-28-21)36(3,33)34/h6-12H,4-5H2,1-3H3,(H,25,32)(H2,26,29,30,31). The lowest BCUT2D eigenvalue weighted by atomic mass is 10.1. The highest BCUT2D eigenvalue weighted by Crippen LogP contribution is 2.38. The van der Waals surface area contributed by atoms with E-state index in [4.69, 9.17) is 4.74 Å². The Balaban J connectivity index is 1.75. The van der Waals surface area contributed by atoms with Crippen molar-refractivity contribution in [3.63, 3.8) is 0 Å². The zero-order chi connectivity index (χ0) is 26.0. The molecule has 1 fully saturated rings. The second-order valence-corrected chi connectivity index (χ2v) is 10.1. The number of hydrogen-bond acceptors (Lipinski definition) is 9. The first kappa shape index (κ1) is 25.0. The van der Waals surface area contributed by atoms with E-state index in [9.17, 15) is 22.4 Å².